The number of carbonyl (C=O) groups is 2. The van der Waals surface area contributed by atoms with Crippen LogP contribution in [0.3, 0.4) is 0 Å². The first-order valence-electron chi connectivity index (χ1n) is 9.25. The molecule has 0 unspecified atom stereocenters. The monoisotopic (exact) mass is 381 g/mol. The number of halogens is 1. The molecule has 0 saturated heterocycles. The number of carbonyl (C=O) groups excluding carboxylic acids is 2. The summed E-state index contributed by atoms with van der Waals surface area (Å²) in [6, 6.07) is 4.56. The molecular weight excluding hydrogens is 361 g/mol. The summed E-state index contributed by atoms with van der Waals surface area (Å²) < 4.78 is 13.6. The summed E-state index contributed by atoms with van der Waals surface area (Å²) in [7, 11) is 0. The molecule has 1 aromatic carbocycles. The molecule has 7 nitrogen and oxygen atoms in total. The molecule has 2 heterocycles. The highest BCUT2D eigenvalue weighted by atomic mass is 19.1. The van der Waals surface area contributed by atoms with Gasteiger partial charge in [0.25, 0.3) is 5.91 Å². The van der Waals surface area contributed by atoms with Crippen LogP contribution in [-0.2, 0) is 11.2 Å². The number of aromatic amines is 1. The van der Waals surface area contributed by atoms with Gasteiger partial charge in [-0.05, 0) is 43.0 Å². The zero-order valence-corrected chi connectivity index (χ0v) is 15.2. The van der Waals surface area contributed by atoms with E-state index in [9.17, 15) is 14.0 Å². The van der Waals surface area contributed by atoms with Crippen LogP contribution >= 0.6 is 0 Å². The van der Waals surface area contributed by atoms with Crippen LogP contribution in [0.4, 0.5) is 4.39 Å². The number of rotatable bonds is 5. The smallest absolute Gasteiger partial charge is 0.271 e. The Bertz CT molecular complexity index is 1020. The number of amides is 2. The van der Waals surface area contributed by atoms with Crippen molar-refractivity contribution in [1.82, 2.24) is 25.6 Å². The molecule has 28 heavy (non-hydrogen) atoms. The Morgan fingerprint density at radius 3 is 3.00 bits per heavy atom. The summed E-state index contributed by atoms with van der Waals surface area (Å²) in [5.74, 6) is -0.778. The summed E-state index contributed by atoms with van der Waals surface area (Å²) in [6.45, 7) is 0.207. The minimum absolute atomic E-state index is 0.137. The number of nitrogens with one attached hydrogen (secondary N) is 3. The highest BCUT2D eigenvalue weighted by Crippen LogP contribution is 2.35. The first kappa shape index (κ1) is 18.1. The second-order valence-electron chi connectivity index (χ2n) is 6.82. The van der Waals surface area contributed by atoms with Gasteiger partial charge in [0.2, 0.25) is 5.91 Å². The van der Waals surface area contributed by atoms with Crippen LogP contribution in [-0.4, -0.2) is 33.3 Å². The SMILES string of the molecule is O=C(CCNC(=O)c1cnccn1)N[C@@H]1CCCc2c1[nH]c1ccc(F)cc21. The Morgan fingerprint density at radius 1 is 1.29 bits per heavy atom. The van der Waals surface area contributed by atoms with Gasteiger partial charge in [-0.15, -0.1) is 0 Å². The van der Waals surface area contributed by atoms with Gasteiger partial charge in [0.1, 0.15) is 11.5 Å². The third-order valence-corrected chi connectivity index (χ3v) is 4.94. The number of H-pyrrole nitrogens is 1. The molecule has 4 rings (SSSR count). The highest BCUT2D eigenvalue weighted by molar-refractivity contribution is 5.92. The van der Waals surface area contributed by atoms with E-state index in [0.717, 1.165) is 41.4 Å². The predicted molar refractivity (Wildman–Crippen MR) is 101 cm³/mol. The van der Waals surface area contributed by atoms with E-state index in [2.05, 4.69) is 25.6 Å². The fraction of sp³-hybridized carbons (Fsp3) is 0.300. The fourth-order valence-electron chi connectivity index (χ4n) is 3.64. The predicted octanol–water partition coefficient (Wildman–Crippen LogP) is 2.41. The van der Waals surface area contributed by atoms with Crippen LogP contribution in [0.25, 0.3) is 10.9 Å². The molecule has 1 aliphatic carbocycles. The number of hydrogen-bond donors (Lipinski definition) is 3. The van der Waals surface area contributed by atoms with Gasteiger partial charge in [0.15, 0.2) is 0 Å². The third-order valence-electron chi connectivity index (χ3n) is 4.94. The molecule has 0 aliphatic heterocycles. The molecule has 0 spiro atoms. The summed E-state index contributed by atoms with van der Waals surface area (Å²) in [5.41, 5.74) is 3.11. The van der Waals surface area contributed by atoms with Crippen molar-refractivity contribution < 1.29 is 14.0 Å². The van der Waals surface area contributed by atoms with Crippen LogP contribution in [0, 0.1) is 5.82 Å². The summed E-state index contributed by atoms with van der Waals surface area (Å²) >= 11 is 0. The largest absolute Gasteiger partial charge is 0.356 e. The van der Waals surface area contributed by atoms with Crippen LogP contribution in [0.2, 0.25) is 0 Å². The summed E-state index contributed by atoms with van der Waals surface area (Å²) in [5, 5.41) is 6.56. The Kier molecular flexibility index (Phi) is 5.01. The maximum absolute atomic E-state index is 13.6. The average molecular weight is 381 g/mol. The van der Waals surface area contributed by atoms with Crippen LogP contribution in [0.15, 0.2) is 36.8 Å². The Morgan fingerprint density at radius 2 is 2.18 bits per heavy atom. The van der Waals surface area contributed by atoms with Crippen molar-refractivity contribution in [3.8, 4) is 0 Å². The molecule has 2 aromatic heterocycles. The number of fused-ring (bicyclic) bond motifs is 3. The van der Waals surface area contributed by atoms with Crippen LogP contribution in [0.5, 0.6) is 0 Å². The molecular formula is C20H20FN5O2. The standard InChI is InChI=1S/C20H20FN5O2/c21-12-4-5-15-14(10-12)13-2-1-3-16(19(13)26-15)25-18(27)6-7-24-20(28)17-11-22-8-9-23-17/h4-5,8-11,16,26H,1-3,6-7H2,(H,24,28)(H,25,27)/t16-/m1/s1. The molecule has 1 aliphatic rings. The van der Waals surface area contributed by atoms with E-state index in [0.29, 0.717) is 0 Å². The molecule has 0 bridgehead atoms. The van der Waals surface area contributed by atoms with Gasteiger partial charge in [0.05, 0.1) is 12.2 Å². The third kappa shape index (κ3) is 3.71. The van der Waals surface area contributed by atoms with E-state index in [-0.39, 0.29) is 42.3 Å². The molecule has 8 heteroatoms. The highest BCUT2D eigenvalue weighted by Gasteiger charge is 2.25. The lowest BCUT2D eigenvalue weighted by Gasteiger charge is -2.24. The van der Waals surface area contributed by atoms with Gasteiger partial charge in [-0.2, -0.15) is 0 Å². The van der Waals surface area contributed by atoms with Crippen molar-refractivity contribution in [2.24, 2.45) is 0 Å². The second-order valence-corrected chi connectivity index (χ2v) is 6.82. The van der Waals surface area contributed by atoms with Gasteiger partial charge < -0.3 is 15.6 Å². The number of aryl methyl sites for hydroxylation is 1. The van der Waals surface area contributed by atoms with E-state index in [4.69, 9.17) is 0 Å². The maximum Gasteiger partial charge on any atom is 0.271 e. The van der Waals surface area contributed by atoms with Crippen molar-refractivity contribution in [3.63, 3.8) is 0 Å². The van der Waals surface area contributed by atoms with Gasteiger partial charge in [-0.1, -0.05) is 0 Å². The van der Waals surface area contributed by atoms with Crippen molar-refractivity contribution in [3.05, 3.63) is 59.6 Å². The van der Waals surface area contributed by atoms with E-state index >= 15 is 0 Å². The maximum atomic E-state index is 13.6. The van der Waals surface area contributed by atoms with Crippen molar-refractivity contribution in [2.75, 3.05) is 6.54 Å². The van der Waals surface area contributed by atoms with Crippen molar-refractivity contribution in [2.45, 2.75) is 31.7 Å². The van der Waals surface area contributed by atoms with E-state index in [1.54, 1.807) is 6.07 Å². The van der Waals surface area contributed by atoms with Gasteiger partial charge >= 0.3 is 0 Å². The molecule has 1 atom stereocenters. The molecule has 144 valence electrons. The zero-order valence-electron chi connectivity index (χ0n) is 15.2. The lowest BCUT2D eigenvalue weighted by Crippen LogP contribution is -2.34. The summed E-state index contributed by atoms with van der Waals surface area (Å²) in [6.07, 6.45) is 7.06. The quantitative estimate of drug-likeness (QED) is 0.632. The molecule has 0 fully saturated rings. The van der Waals surface area contributed by atoms with Crippen LogP contribution < -0.4 is 10.6 Å². The minimum atomic E-state index is -0.363. The number of hydrogen-bond acceptors (Lipinski definition) is 4. The Hall–Kier alpha value is -3.29. The number of aromatic nitrogens is 3. The van der Waals surface area contributed by atoms with E-state index < -0.39 is 0 Å². The Balaban J connectivity index is 1.37. The first-order chi connectivity index (χ1) is 13.6. The average Bonchev–Trinajstić information content (AvgIpc) is 3.07. The topological polar surface area (TPSA) is 99.8 Å². The molecule has 0 radical (unpaired) electrons. The molecule has 0 saturated carbocycles. The Labute approximate surface area is 160 Å². The summed E-state index contributed by atoms with van der Waals surface area (Å²) in [4.78, 5) is 35.4. The van der Waals surface area contributed by atoms with E-state index in [1.807, 2.05) is 0 Å². The van der Waals surface area contributed by atoms with Gasteiger partial charge in [-0.3, -0.25) is 14.6 Å². The van der Waals surface area contributed by atoms with Crippen molar-refractivity contribution in [1.29, 1.82) is 0 Å². The van der Waals surface area contributed by atoms with Crippen molar-refractivity contribution >= 4 is 22.7 Å². The minimum Gasteiger partial charge on any atom is -0.356 e. The van der Waals surface area contributed by atoms with Crippen LogP contribution in [0.1, 0.15) is 47.1 Å². The normalized spacial score (nSPS) is 15.8. The lowest BCUT2D eigenvalue weighted by molar-refractivity contribution is -0.121. The number of nitrogens with zero attached hydrogens (tertiary/aromatic N) is 2. The molecule has 3 aromatic rings. The zero-order chi connectivity index (χ0) is 19.5. The molecule has 2 amide bonds. The lowest BCUT2D eigenvalue weighted by atomic mass is 9.91. The van der Waals surface area contributed by atoms with E-state index in [1.165, 1.54) is 30.7 Å². The van der Waals surface area contributed by atoms with Gasteiger partial charge in [-0.25, -0.2) is 9.37 Å². The fourth-order valence-corrected chi connectivity index (χ4v) is 3.64. The second kappa shape index (κ2) is 7.75. The number of benzene rings is 1. The first-order valence-corrected chi connectivity index (χ1v) is 9.25. The van der Waals surface area contributed by atoms with Gasteiger partial charge in [0, 0.05) is 42.0 Å². The molecule has 3 N–H and O–H groups in total.